The van der Waals surface area contributed by atoms with E-state index in [1.807, 2.05) is 19.1 Å². The van der Waals surface area contributed by atoms with E-state index in [0.29, 0.717) is 5.54 Å². The Labute approximate surface area is 115 Å². The molecule has 0 amide bonds. The van der Waals surface area contributed by atoms with Crippen molar-refractivity contribution in [2.75, 3.05) is 11.1 Å². The van der Waals surface area contributed by atoms with E-state index in [1.54, 1.807) is 0 Å². The lowest BCUT2D eigenvalue weighted by Gasteiger charge is -2.57. The van der Waals surface area contributed by atoms with Crippen molar-refractivity contribution in [2.45, 2.75) is 51.0 Å². The lowest BCUT2D eigenvalue weighted by atomic mass is 9.53. The van der Waals surface area contributed by atoms with Gasteiger partial charge in [0.1, 0.15) is 5.82 Å². The van der Waals surface area contributed by atoms with Crippen LogP contribution in [0.4, 0.5) is 11.5 Å². The molecule has 3 N–H and O–H groups in total. The summed E-state index contributed by atoms with van der Waals surface area (Å²) in [5, 5.41) is 3.76. The number of pyridine rings is 1. The second-order valence-corrected chi connectivity index (χ2v) is 7.21. The number of nitrogens with two attached hydrogens (primary N) is 1. The second-order valence-electron chi connectivity index (χ2n) is 7.21. The summed E-state index contributed by atoms with van der Waals surface area (Å²) in [4.78, 5) is 4.61. The Morgan fingerprint density at radius 2 is 1.68 bits per heavy atom. The van der Waals surface area contributed by atoms with E-state index < -0.39 is 0 Å². The highest BCUT2D eigenvalue weighted by atomic mass is 15.1. The summed E-state index contributed by atoms with van der Waals surface area (Å²) in [6.45, 7) is 2.03. The van der Waals surface area contributed by atoms with Crippen LogP contribution in [0.1, 0.15) is 44.2 Å². The van der Waals surface area contributed by atoms with Crippen LogP contribution in [0.2, 0.25) is 0 Å². The van der Waals surface area contributed by atoms with Crippen LogP contribution in [0, 0.1) is 24.7 Å². The van der Waals surface area contributed by atoms with Gasteiger partial charge in [-0.1, -0.05) is 0 Å². The van der Waals surface area contributed by atoms with Crippen molar-refractivity contribution < 1.29 is 0 Å². The van der Waals surface area contributed by atoms with Crippen molar-refractivity contribution in [3.05, 3.63) is 17.8 Å². The van der Waals surface area contributed by atoms with Crippen LogP contribution in [0.3, 0.4) is 0 Å². The number of rotatable bonds is 2. The molecule has 5 rings (SSSR count). The van der Waals surface area contributed by atoms with Gasteiger partial charge in [-0.2, -0.15) is 0 Å². The minimum atomic E-state index is 0.295. The molecule has 4 bridgehead atoms. The molecule has 3 heteroatoms. The van der Waals surface area contributed by atoms with Crippen molar-refractivity contribution in [1.82, 2.24) is 4.98 Å². The molecule has 102 valence electrons. The van der Waals surface area contributed by atoms with Crippen LogP contribution in [0.15, 0.2) is 12.1 Å². The molecule has 1 aromatic rings. The smallest absolute Gasteiger partial charge is 0.149 e. The molecule has 0 unspecified atom stereocenters. The number of anilines is 2. The molecule has 0 spiro atoms. The maximum atomic E-state index is 6.09. The Balaban J connectivity index is 1.64. The first-order chi connectivity index (χ1) is 9.12. The zero-order valence-electron chi connectivity index (χ0n) is 11.7. The number of hydrogen-bond acceptors (Lipinski definition) is 3. The molecule has 4 saturated carbocycles. The van der Waals surface area contributed by atoms with Crippen LogP contribution in [-0.2, 0) is 0 Å². The molecule has 1 heterocycles. The highest BCUT2D eigenvalue weighted by Gasteiger charge is 2.51. The molecular weight excluding hydrogens is 234 g/mol. The minimum Gasteiger partial charge on any atom is -0.396 e. The molecule has 3 nitrogen and oxygen atoms in total. The first kappa shape index (κ1) is 11.6. The minimum absolute atomic E-state index is 0.295. The molecule has 0 aromatic carbocycles. The van der Waals surface area contributed by atoms with E-state index >= 15 is 0 Å². The number of nitrogens with zero attached hydrogens (tertiary/aromatic N) is 1. The van der Waals surface area contributed by atoms with Crippen LogP contribution >= 0.6 is 0 Å². The van der Waals surface area contributed by atoms with Crippen LogP contribution in [-0.4, -0.2) is 10.5 Å². The highest BCUT2D eigenvalue weighted by Crippen LogP contribution is 2.56. The van der Waals surface area contributed by atoms with Gasteiger partial charge >= 0.3 is 0 Å². The Morgan fingerprint density at radius 3 is 2.26 bits per heavy atom. The van der Waals surface area contributed by atoms with Gasteiger partial charge in [-0.05, 0) is 75.3 Å². The molecule has 0 saturated heterocycles. The third-order valence-corrected chi connectivity index (χ3v) is 5.49. The average molecular weight is 257 g/mol. The third kappa shape index (κ3) is 1.90. The monoisotopic (exact) mass is 257 g/mol. The van der Waals surface area contributed by atoms with E-state index in [4.69, 9.17) is 5.73 Å². The van der Waals surface area contributed by atoms with Gasteiger partial charge in [0.25, 0.3) is 0 Å². The van der Waals surface area contributed by atoms with Gasteiger partial charge in [0.05, 0.1) is 5.69 Å². The van der Waals surface area contributed by atoms with Crippen LogP contribution in [0.25, 0.3) is 0 Å². The first-order valence-electron chi connectivity index (χ1n) is 7.63. The Morgan fingerprint density at radius 1 is 1.11 bits per heavy atom. The second kappa shape index (κ2) is 3.87. The van der Waals surface area contributed by atoms with E-state index in [-0.39, 0.29) is 0 Å². The fraction of sp³-hybridized carbons (Fsp3) is 0.688. The number of hydrogen-bond donors (Lipinski definition) is 2. The number of aromatic nitrogens is 1. The highest BCUT2D eigenvalue weighted by molar-refractivity contribution is 5.62. The standard InChI is InChI=1S/C16H23N3/c1-10-2-3-14(17)15(18-10)19-16-7-11-4-12(8-16)6-13(5-11)9-16/h2-3,11-13H,4-9,17H2,1H3,(H,18,19). The molecular formula is C16H23N3. The van der Waals surface area contributed by atoms with Gasteiger partial charge in [-0.25, -0.2) is 4.98 Å². The maximum absolute atomic E-state index is 6.09. The summed E-state index contributed by atoms with van der Waals surface area (Å²) < 4.78 is 0. The van der Waals surface area contributed by atoms with Gasteiger partial charge in [-0.15, -0.1) is 0 Å². The van der Waals surface area contributed by atoms with Gasteiger partial charge < -0.3 is 11.1 Å². The lowest BCUT2D eigenvalue weighted by Crippen LogP contribution is -2.55. The molecule has 4 aliphatic rings. The Bertz CT molecular complexity index is 473. The van der Waals surface area contributed by atoms with E-state index in [1.165, 1.54) is 38.5 Å². The van der Waals surface area contributed by atoms with Crippen LogP contribution < -0.4 is 11.1 Å². The summed E-state index contributed by atoms with van der Waals surface area (Å²) in [5.74, 6) is 3.77. The molecule has 0 aliphatic heterocycles. The average Bonchev–Trinajstić information content (AvgIpc) is 2.31. The first-order valence-corrected chi connectivity index (χ1v) is 7.63. The summed E-state index contributed by atoms with van der Waals surface area (Å²) in [5.41, 5.74) is 8.22. The molecule has 4 aliphatic carbocycles. The Hall–Kier alpha value is -1.25. The van der Waals surface area contributed by atoms with Crippen molar-refractivity contribution in [2.24, 2.45) is 17.8 Å². The van der Waals surface area contributed by atoms with Gasteiger partial charge in [0.2, 0.25) is 0 Å². The largest absolute Gasteiger partial charge is 0.396 e. The quantitative estimate of drug-likeness (QED) is 0.854. The maximum Gasteiger partial charge on any atom is 0.149 e. The summed E-state index contributed by atoms with van der Waals surface area (Å²) in [7, 11) is 0. The fourth-order valence-corrected chi connectivity index (χ4v) is 5.18. The predicted octanol–water partition coefficient (Wildman–Crippen LogP) is 3.35. The summed E-state index contributed by atoms with van der Waals surface area (Å²) in [6.07, 6.45) is 8.39. The van der Waals surface area contributed by atoms with Crippen molar-refractivity contribution in [3.63, 3.8) is 0 Å². The van der Waals surface area contributed by atoms with E-state index in [2.05, 4.69) is 10.3 Å². The van der Waals surface area contributed by atoms with Gasteiger partial charge in [0.15, 0.2) is 0 Å². The zero-order chi connectivity index (χ0) is 13.0. The van der Waals surface area contributed by atoms with E-state index in [0.717, 1.165) is 35.0 Å². The lowest BCUT2D eigenvalue weighted by molar-refractivity contribution is 0.0106. The molecule has 0 radical (unpaired) electrons. The third-order valence-electron chi connectivity index (χ3n) is 5.49. The zero-order valence-corrected chi connectivity index (χ0v) is 11.7. The fourth-order valence-electron chi connectivity index (χ4n) is 5.18. The normalized spacial score (nSPS) is 39.5. The summed E-state index contributed by atoms with van der Waals surface area (Å²) >= 11 is 0. The van der Waals surface area contributed by atoms with Crippen LogP contribution in [0.5, 0.6) is 0 Å². The number of aryl methyl sites for hydroxylation is 1. The topological polar surface area (TPSA) is 50.9 Å². The number of nitrogen functional groups attached to an aromatic ring is 1. The Kier molecular flexibility index (Phi) is 2.36. The molecule has 19 heavy (non-hydrogen) atoms. The number of nitrogens with one attached hydrogen (secondary N) is 1. The summed E-state index contributed by atoms with van der Waals surface area (Å²) in [6, 6.07) is 3.96. The molecule has 0 atom stereocenters. The van der Waals surface area contributed by atoms with Crippen molar-refractivity contribution >= 4 is 11.5 Å². The SMILES string of the molecule is Cc1ccc(N)c(NC23CC4CC(CC(C4)C2)C3)n1. The predicted molar refractivity (Wildman–Crippen MR) is 77.9 cm³/mol. The molecule has 4 fully saturated rings. The van der Waals surface area contributed by atoms with Crippen molar-refractivity contribution in [1.29, 1.82) is 0 Å². The molecule has 1 aromatic heterocycles. The van der Waals surface area contributed by atoms with Gasteiger partial charge in [-0.3, -0.25) is 0 Å². The van der Waals surface area contributed by atoms with E-state index in [9.17, 15) is 0 Å². The van der Waals surface area contributed by atoms with Gasteiger partial charge in [0, 0.05) is 11.2 Å². The van der Waals surface area contributed by atoms with Crippen molar-refractivity contribution in [3.8, 4) is 0 Å².